The summed E-state index contributed by atoms with van der Waals surface area (Å²) in [6.07, 6.45) is 2.51. The molecule has 76 valence electrons. The molecule has 2 rings (SSSR count). The predicted molar refractivity (Wildman–Crippen MR) is 55.6 cm³/mol. The van der Waals surface area contributed by atoms with E-state index in [0.29, 0.717) is 5.54 Å². The molecule has 0 atom stereocenters. The minimum atomic E-state index is -0.149. The van der Waals surface area contributed by atoms with E-state index in [-0.39, 0.29) is 5.82 Å². The van der Waals surface area contributed by atoms with E-state index >= 15 is 0 Å². The zero-order chi connectivity index (χ0) is 10.2. The molecule has 1 nitrogen and oxygen atoms in total. The first-order chi connectivity index (χ1) is 6.59. The van der Waals surface area contributed by atoms with Gasteiger partial charge in [-0.2, -0.15) is 0 Å². The molecule has 2 heteroatoms. The maximum Gasteiger partial charge on any atom is 0.123 e. The summed E-state index contributed by atoms with van der Waals surface area (Å²) in [5, 5.41) is 3.49. The van der Waals surface area contributed by atoms with Crippen molar-refractivity contribution in [3.63, 3.8) is 0 Å². The molecule has 0 unspecified atom stereocenters. The molecule has 0 spiro atoms. The first-order valence-electron chi connectivity index (χ1n) is 5.09. The topological polar surface area (TPSA) is 12.0 Å². The smallest absolute Gasteiger partial charge is 0.123 e. The van der Waals surface area contributed by atoms with E-state index < -0.39 is 0 Å². The van der Waals surface area contributed by atoms with Gasteiger partial charge >= 0.3 is 0 Å². The van der Waals surface area contributed by atoms with Crippen LogP contribution < -0.4 is 5.32 Å². The zero-order valence-corrected chi connectivity index (χ0v) is 8.73. The Bertz CT molecular complexity index is 342. The van der Waals surface area contributed by atoms with Crippen molar-refractivity contribution in [1.29, 1.82) is 0 Å². The van der Waals surface area contributed by atoms with Crippen LogP contribution in [0, 0.1) is 12.7 Å². The second kappa shape index (κ2) is 3.35. The molecule has 0 aromatic heterocycles. The summed E-state index contributed by atoms with van der Waals surface area (Å²) in [6.45, 7) is 5.03. The summed E-state index contributed by atoms with van der Waals surface area (Å²) < 4.78 is 12.8. The van der Waals surface area contributed by atoms with Gasteiger partial charge in [0.15, 0.2) is 0 Å². The van der Waals surface area contributed by atoms with Gasteiger partial charge in [-0.3, -0.25) is 0 Å². The molecule has 0 amide bonds. The summed E-state index contributed by atoms with van der Waals surface area (Å²) in [4.78, 5) is 0. The second-order valence-electron chi connectivity index (χ2n) is 4.49. The van der Waals surface area contributed by atoms with Crippen LogP contribution in [0.15, 0.2) is 18.2 Å². The monoisotopic (exact) mass is 193 g/mol. The van der Waals surface area contributed by atoms with E-state index in [4.69, 9.17) is 0 Å². The van der Waals surface area contributed by atoms with Crippen molar-refractivity contribution in [3.05, 3.63) is 35.1 Å². The lowest BCUT2D eigenvalue weighted by molar-refractivity contribution is 0.535. The van der Waals surface area contributed by atoms with Crippen LogP contribution in [0.25, 0.3) is 0 Å². The molecule has 1 aromatic carbocycles. The van der Waals surface area contributed by atoms with Crippen LogP contribution in [0.1, 0.15) is 30.9 Å². The molecule has 0 radical (unpaired) electrons. The summed E-state index contributed by atoms with van der Waals surface area (Å²) in [7, 11) is 0. The Hall–Kier alpha value is -0.890. The van der Waals surface area contributed by atoms with E-state index in [1.54, 1.807) is 6.07 Å². The number of hydrogen-bond donors (Lipinski definition) is 1. The third-order valence-corrected chi connectivity index (χ3v) is 3.01. The van der Waals surface area contributed by atoms with Crippen LogP contribution in [0.4, 0.5) is 4.39 Å². The van der Waals surface area contributed by atoms with Gasteiger partial charge in [-0.25, -0.2) is 4.39 Å². The molecule has 0 saturated heterocycles. The fraction of sp³-hybridized carbons (Fsp3) is 0.500. The van der Waals surface area contributed by atoms with Crippen molar-refractivity contribution in [2.24, 2.45) is 0 Å². The van der Waals surface area contributed by atoms with E-state index in [1.165, 1.54) is 24.5 Å². The molecule has 1 saturated carbocycles. The van der Waals surface area contributed by atoms with Crippen molar-refractivity contribution < 1.29 is 4.39 Å². The van der Waals surface area contributed by atoms with E-state index in [1.807, 2.05) is 13.0 Å². The van der Waals surface area contributed by atoms with E-state index in [9.17, 15) is 4.39 Å². The Morgan fingerprint density at radius 2 is 2.14 bits per heavy atom. The molecule has 0 heterocycles. The standard InChI is InChI=1S/C12H16FN/c1-9-7-11(13)4-3-10(9)8-14-12(2)5-6-12/h3-4,7,14H,5-6,8H2,1-2H3. The summed E-state index contributed by atoms with van der Waals surface area (Å²) in [5.41, 5.74) is 2.57. The van der Waals surface area contributed by atoms with Crippen LogP contribution in [-0.2, 0) is 6.54 Å². The number of halogens is 1. The van der Waals surface area contributed by atoms with Gasteiger partial charge in [-0.05, 0) is 49.9 Å². The van der Waals surface area contributed by atoms with Crippen LogP contribution >= 0.6 is 0 Å². The van der Waals surface area contributed by atoms with Gasteiger partial charge < -0.3 is 5.32 Å². The maximum atomic E-state index is 12.8. The second-order valence-corrected chi connectivity index (χ2v) is 4.49. The molecule has 1 N–H and O–H groups in total. The molecule has 1 aliphatic rings. The lowest BCUT2D eigenvalue weighted by Gasteiger charge is -2.12. The summed E-state index contributed by atoms with van der Waals surface area (Å²) in [5.74, 6) is -0.149. The van der Waals surface area contributed by atoms with Crippen LogP contribution in [-0.4, -0.2) is 5.54 Å². The van der Waals surface area contributed by atoms with Crippen LogP contribution in [0.5, 0.6) is 0 Å². The molecule has 1 fully saturated rings. The molecule has 1 aliphatic carbocycles. The van der Waals surface area contributed by atoms with Crippen LogP contribution in [0.3, 0.4) is 0 Å². The Balaban J connectivity index is 2.02. The highest BCUT2D eigenvalue weighted by Gasteiger charge is 2.36. The maximum absolute atomic E-state index is 12.8. The molecule has 0 bridgehead atoms. The fourth-order valence-corrected chi connectivity index (χ4v) is 1.53. The highest BCUT2D eigenvalue weighted by molar-refractivity contribution is 5.26. The third-order valence-electron chi connectivity index (χ3n) is 3.01. The quantitative estimate of drug-likeness (QED) is 0.778. The number of hydrogen-bond acceptors (Lipinski definition) is 1. The molecular formula is C12H16FN. The van der Waals surface area contributed by atoms with Gasteiger partial charge in [0.1, 0.15) is 5.82 Å². The Labute approximate surface area is 84.3 Å². The highest BCUT2D eigenvalue weighted by atomic mass is 19.1. The average molecular weight is 193 g/mol. The SMILES string of the molecule is Cc1cc(F)ccc1CNC1(C)CC1. The van der Waals surface area contributed by atoms with Gasteiger partial charge in [0.2, 0.25) is 0 Å². The number of nitrogens with one attached hydrogen (secondary N) is 1. The lowest BCUT2D eigenvalue weighted by atomic mass is 10.1. The minimum Gasteiger partial charge on any atom is -0.307 e. The first kappa shape index (κ1) is 9.66. The van der Waals surface area contributed by atoms with E-state index in [0.717, 1.165) is 12.1 Å². The fourth-order valence-electron chi connectivity index (χ4n) is 1.53. The van der Waals surface area contributed by atoms with Gasteiger partial charge in [0.25, 0.3) is 0 Å². The number of rotatable bonds is 3. The molecular weight excluding hydrogens is 177 g/mol. The van der Waals surface area contributed by atoms with Crippen molar-refractivity contribution in [2.75, 3.05) is 0 Å². The van der Waals surface area contributed by atoms with Crippen molar-refractivity contribution in [1.82, 2.24) is 5.32 Å². The van der Waals surface area contributed by atoms with Crippen molar-refractivity contribution in [3.8, 4) is 0 Å². The lowest BCUT2D eigenvalue weighted by Crippen LogP contribution is -2.27. The van der Waals surface area contributed by atoms with Crippen molar-refractivity contribution in [2.45, 2.75) is 38.8 Å². The normalized spacial score (nSPS) is 18.2. The Morgan fingerprint density at radius 3 is 2.71 bits per heavy atom. The van der Waals surface area contributed by atoms with Gasteiger partial charge in [-0.1, -0.05) is 6.07 Å². The van der Waals surface area contributed by atoms with Crippen LogP contribution in [0.2, 0.25) is 0 Å². The Kier molecular flexibility index (Phi) is 2.31. The van der Waals surface area contributed by atoms with Gasteiger partial charge in [0.05, 0.1) is 0 Å². The Morgan fingerprint density at radius 1 is 1.43 bits per heavy atom. The zero-order valence-electron chi connectivity index (χ0n) is 8.73. The van der Waals surface area contributed by atoms with Gasteiger partial charge in [-0.15, -0.1) is 0 Å². The number of benzene rings is 1. The first-order valence-corrected chi connectivity index (χ1v) is 5.09. The third kappa shape index (κ3) is 2.13. The summed E-state index contributed by atoms with van der Waals surface area (Å²) >= 11 is 0. The van der Waals surface area contributed by atoms with E-state index in [2.05, 4.69) is 12.2 Å². The highest BCUT2D eigenvalue weighted by Crippen LogP contribution is 2.34. The minimum absolute atomic E-state index is 0.149. The molecule has 14 heavy (non-hydrogen) atoms. The molecule has 0 aliphatic heterocycles. The average Bonchev–Trinajstić information content (AvgIpc) is 2.83. The largest absolute Gasteiger partial charge is 0.307 e. The van der Waals surface area contributed by atoms with Gasteiger partial charge in [0, 0.05) is 12.1 Å². The summed E-state index contributed by atoms with van der Waals surface area (Å²) in [6, 6.07) is 4.98. The molecule has 1 aromatic rings. The number of aryl methyl sites for hydroxylation is 1. The predicted octanol–water partition coefficient (Wildman–Crippen LogP) is 2.78. The van der Waals surface area contributed by atoms with Crippen molar-refractivity contribution >= 4 is 0 Å².